The molecule has 0 aliphatic rings. The van der Waals surface area contributed by atoms with Gasteiger partial charge in [0.2, 0.25) is 0 Å². The molecule has 160 valence electrons. The molecule has 0 amide bonds. The van der Waals surface area contributed by atoms with Crippen molar-refractivity contribution in [3.05, 3.63) is 41.3 Å². The normalized spacial score (nSPS) is 11.0. The Morgan fingerprint density at radius 2 is 2.07 bits per heavy atom. The van der Waals surface area contributed by atoms with Gasteiger partial charge in [0.25, 0.3) is 0 Å². The number of carboxylic acid groups (broad SMARTS) is 1. The first-order valence-electron chi connectivity index (χ1n) is 10.3. The summed E-state index contributed by atoms with van der Waals surface area (Å²) in [6.07, 6.45) is 3.97. The standard InChI is InChI=1S/C22H29N5O3/c1-4-8-17-20-21(27(2)26-17)22(23-14-15-9-7-10-16(13-15)30-3)25-18(24-20)11-5-6-12-19(28)29/h7,9-10,13H,4-6,8,11-12,14H2,1-3H3,(H,28,29)(H,23,24,25). The van der Waals surface area contributed by atoms with E-state index in [9.17, 15) is 4.79 Å². The Kier molecular flexibility index (Phi) is 7.21. The van der Waals surface area contributed by atoms with E-state index >= 15 is 0 Å². The first-order valence-corrected chi connectivity index (χ1v) is 10.3. The maximum atomic E-state index is 10.8. The highest BCUT2D eigenvalue weighted by molar-refractivity contribution is 5.87. The van der Waals surface area contributed by atoms with Crippen molar-refractivity contribution in [2.24, 2.45) is 7.05 Å². The second-order valence-electron chi connectivity index (χ2n) is 7.31. The van der Waals surface area contributed by atoms with Gasteiger partial charge in [0.1, 0.15) is 22.6 Å². The van der Waals surface area contributed by atoms with Crippen LogP contribution in [-0.2, 0) is 31.2 Å². The van der Waals surface area contributed by atoms with E-state index in [4.69, 9.17) is 19.8 Å². The van der Waals surface area contributed by atoms with Gasteiger partial charge >= 0.3 is 5.97 Å². The minimum Gasteiger partial charge on any atom is -0.497 e. The van der Waals surface area contributed by atoms with Gasteiger partial charge in [-0.3, -0.25) is 9.48 Å². The largest absolute Gasteiger partial charge is 0.497 e. The first kappa shape index (κ1) is 21.5. The van der Waals surface area contributed by atoms with Crippen LogP contribution in [0.4, 0.5) is 5.82 Å². The highest BCUT2D eigenvalue weighted by Gasteiger charge is 2.17. The van der Waals surface area contributed by atoms with Gasteiger partial charge in [-0.25, -0.2) is 9.97 Å². The zero-order chi connectivity index (χ0) is 21.5. The molecule has 1 aromatic carbocycles. The fourth-order valence-corrected chi connectivity index (χ4v) is 3.46. The van der Waals surface area contributed by atoms with E-state index in [-0.39, 0.29) is 6.42 Å². The van der Waals surface area contributed by atoms with Crippen LogP contribution in [0.15, 0.2) is 24.3 Å². The lowest BCUT2D eigenvalue weighted by molar-refractivity contribution is -0.137. The quantitative estimate of drug-likeness (QED) is 0.463. The molecule has 2 N–H and O–H groups in total. The molecular formula is C22H29N5O3. The molecule has 0 bridgehead atoms. The molecule has 0 atom stereocenters. The zero-order valence-corrected chi connectivity index (χ0v) is 17.8. The van der Waals surface area contributed by atoms with Crippen LogP contribution in [0.3, 0.4) is 0 Å². The minimum atomic E-state index is -0.774. The van der Waals surface area contributed by atoms with Crippen LogP contribution in [0.5, 0.6) is 5.75 Å². The Morgan fingerprint density at radius 1 is 1.23 bits per heavy atom. The van der Waals surface area contributed by atoms with Gasteiger partial charge in [-0.05, 0) is 37.0 Å². The van der Waals surface area contributed by atoms with Crippen LogP contribution in [-0.4, -0.2) is 37.9 Å². The molecule has 8 heteroatoms. The fraction of sp³-hybridized carbons (Fsp3) is 0.455. The number of unbranched alkanes of at least 4 members (excludes halogenated alkanes) is 1. The number of benzene rings is 1. The van der Waals surface area contributed by atoms with Crippen LogP contribution in [0, 0.1) is 0 Å². The van der Waals surface area contributed by atoms with E-state index < -0.39 is 5.97 Å². The number of carboxylic acids is 1. The molecular weight excluding hydrogens is 382 g/mol. The number of ether oxygens (including phenoxy) is 1. The van der Waals surface area contributed by atoms with E-state index in [1.807, 2.05) is 36.0 Å². The number of anilines is 1. The lowest BCUT2D eigenvalue weighted by Crippen LogP contribution is -2.08. The van der Waals surface area contributed by atoms with Gasteiger partial charge in [0.15, 0.2) is 5.82 Å². The lowest BCUT2D eigenvalue weighted by atomic mass is 10.1. The number of aliphatic carboxylic acids is 1. The maximum Gasteiger partial charge on any atom is 0.303 e. The van der Waals surface area contributed by atoms with Gasteiger partial charge < -0.3 is 15.2 Å². The number of nitrogens with one attached hydrogen (secondary N) is 1. The molecule has 2 heterocycles. The summed E-state index contributed by atoms with van der Waals surface area (Å²) in [4.78, 5) is 20.3. The molecule has 0 aliphatic heterocycles. The third kappa shape index (κ3) is 5.25. The molecule has 0 radical (unpaired) electrons. The summed E-state index contributed by atoms with van der Waals surface area (Å²) in [5.74, 6) is 1.50. The predicted octanol–water partition coefficient (Wildman–Crippen LogP) is 3.73. The molecule has 0 saturated heterocycles. The van der Waals surface area contributed by atoms with Gasteiger partial charge in [-0.2, -0.15) is 5.10 Å². The molecule has 2 aromatic heterocycles. The van der Waals surface area contributed by atoms with Crippen LogP contribution < -0.4 is 10.1 Å². The molecule has 8 nitrogen and oxygen atoms in total. The SMILES string of the molecule is CCCc1nn(C)c2c(NCc3cccc(OC)c3)nc(CCCCC(=O)O)nc12. The summed E-state index contributed by atoms with van der Waals surface area (Å²) in [5.41, 5.74) is 3.81. The second kappa shape index (κ2) is 10.0. The topological polar surface area (TPSA) is 102 Å². The van der Waals surface area contributed by atoms with E-state index in [1.54, 1.807) is 7.11 Å². The summed E-state index contributed by atoms with van der Waals surface area (Å²) in [5, 5.41) is 16.9. The Balaban J connectivity index is 1.88. The number of aryl methyl sites for hydroxylation is 3. The zero-order valence-electron chi connectivity index (χ0n) is 17.8. The number of nitrogens with zero attached hydrogens (tertiary/aromatic N) is 4. The summed E-state index contributed by atoms with van der Waals surface area (Å²) < 4.78 is 7.14. The maximum absolute atomic E-state index is 10.8. The highest BCUT2D eigenvalue weighted by Crippen LogP contribution is 2.25. The Morgan fingerprint density at radius 3 is 2.80 bits per heavy atom. The Bertz CT molecular complexity index is 1020. The minimum absolute atomic E-state index is 0.164. The molecule has 3 aromatic rings. The number of hydrogen-bond donors (Lipinski definition) is 2. The number of aromatic nitrogens is 4. The van der Waals surface area contributed by atoms with Gasteiger partial charge in [0.05, 0.1) is 12.8 Å². The summed E-state index contributed by atoms with van der Waals surface area (Å²) in [6, 6.07) is 7.90. The van der Waals surface area contributed by atoms with E-state index in [0.29, 0.717) is 25.2 Å². The average Bonchev–Trinajstić information content (AvgIpc) is 3.05. The molecule has 0 saturated carbocycles. The Labute approximate surface area is 176 Å². The van der Waals surface area contributed by atoms with Crippen LogP contribution in [0.25, 0.3) is 11.0 Å². The smallest absolute Gasteiger partial charge is 0.303 e. The van der Waals surface area contributed by atoms with Crippen LogP contribution in [0.2, 0.25) is 0 Å². The van der Waals surface area contributed by atoms with Crippen molar-refractivity contribution in [3.8, 4) is 5.75 Å². The van der Waals surface area contributed by atoms with Gasteiger partial charge in [-0.1, -0.05) is 25.5 Å². The van der Waals surface area contributed by atoms with Gasteiger partial charge in [-0.15, -0.1) is 0 Å². The number of fused-ring (bicyclic) bond motifs is 1. The third-order valence-corrected chi connectivity index (χ3v) is 4.92. The van der Waals surface area contributed by atoms with Crippen molar-refractivity contribution in [2.75, 3.05) is 12.4 Å². The molecule has 0 aliphatic carbocycles. The van der Waals surface area contributed by atoms with E-state index in [0.717, 1.165) is 53.1 Å². The molecule has 0 unspecified atom stereocenters. The predicted molar refractivity (Wildman–Crippen MR) is 116 cm³/mol. The number of methoxy groups -OCH3 is 1. The van der Waals surface area contributed by atoms with Crippen molar-refractivity contribution in [2.45, 2.75) is 52.0 Å². The van der Waals surface area contributed by atoms with Crippen molar-refractivity contribution in [1.82, 2.24) is 19.7 Å². The van der Waals surface area contributed by atoms with Crippen molar-refractivity contribution in [1.29, 1.82) is 0 Å². The molecule has 0 spiro atoms. The molecule has 0 fully saturated rings. The second-order valence-corrected chi connectivity index (χ2v) is 7.31. The summed E-state index contributed by atoms with van der Waals surface area (Å²) in [7, 11) is 3.57. The number of carbonyl (C=O) groups is 1. The van der Waals surface area contributed by atoms with Gasteiger partial charge in [0, 0.05) is 26.4 Å². The van der Waals surface area contributed by atoms with Crippen molar-refractivity contribution in [3.63, 3.8) is 0 Å². The number of rotatable bonds is 11. The average molecular weight is 412 g/mol. The van der Waals surface area contributed by atoms with Crippen LogP contribution >= 0.6 is 0 Å². The van der Waals surface area contributed by atoms with Crippen molar-refractivity contribution < 1.29 is 14.6 Å². The third-order valence-electron chi connectivity index (χ3n) is 4.92. The van der Waals surface area contributed by atoms with E-state index in [1.165, 1.54) is 0 Å². The highest BCUT2D eigenvalue weighted by atomic mass is 16.5. The first-order chi connectivity index (χ1) is 14.5. The van der Waals surface area contributed by atoms with Crippen molar-refractivity contribution >= 4 is 22.8 Å². The van der Waals surface area contributed by atoms with Crippen LogP contribution in [0.1, 0.15) is 49.7 Å². The number of hydrogen-bond acceptors (Lipinski definition) is 6. The molecule has 30 heavy (non-hydrogen) atoms. The summed E-state index contributed by atoms with van der Waals surface area (Å²) >= 11 is 0. The lowest BCUT2D eigenvalue weighted by Gasteiger charge is -2.11. The molecule has 3 rings (SSSR count). The monoisotopic (exact) mass is 411 g/mol. The summed E-state index contributed by atoms with van der Waals surface area (Å²) in [6.45, 7) is 2.71. The van der Waals surface area contributed by atoms with E-state index in [2.05, 4.69) is 17.3 Å². The fourth-order valence-electron chi connectivity index (χ4n) is 3.46. The Hall–Kier alpha value is -3.16.